The molecule has 0 unspecified atom stereocenters. The van der Waals surface area contributed by atoms with Crippen molar-refractivity contribution in [3.05, 3.63) is 64.5 Å². The third-order valence-electron chi connectivity index (χ3n) is 7.11. The minimum absolute atomic E-state index is 0.446. The lowest BCUT2D eigenvalue weighted by Gasteiger charge is -2.37. The molecule has 0 radical (unpaired) electrons. The van der Waals surface area contributed by atoms with E-state index in [4.69, 9.17) is 9.72 Å². The summed E-state index contributed by atoms with van der Waals surface area (Å²) in [7, 11) is 2.28. The van der Waals surface area contributed by atoms with Gasteiger partial charge < -0.3 is 10.1 Å². The molecule has 0 spiro atoms. The number of aryl methyl sites for hydroxylation is 1. The SMILES string of the molecule is CN(C[C@H]1Cc2c(cccc2CN2CCOCC2)CN1)[C@H]1CCCc2cccnc21. The summed E-state index contributed by atoms with van der Waals surface area (Å²) in [4.78, 5) is 9.83. The second-order valence-electron chi connectivity index (χ2n) is 9.12. The zero-order valence-electron chi connectivity index (χ0n) is 18.1. The highest BCUT2D eigenvalue weighted by atomic mass is 16.5. The fraction of sp³-hybridized carbons (Fsp3) is 0.560. The Balaban J connectivity index is 1.28. The van der Waals surface area contributed by atoms with Gasteiger partial charge >= 0.3 is 0 Å². The van der Waals surface area contributed by atoms with Crippen LogP contribution >= 0.6 is 0 Å². The lowest BCUT2D eigenvalue weighted by atomic mass is 9.89. The largest absolute Gasteiger partial charge is 0.379 e. The van der Waals surface area contributed by atoms with Crippen LogP contribution in [-0.2, 0) is 30.7 Å². The number of pyridine rings is 1. The minimum atomic E-state index is 0.446. The van der Waals surface area contributed by atoms with Gasteiger partial charge in [0.2, 0.25) is 0 Å². The minimum Gasteiger partial charge on any atom is -0.379 e. The van der Waals surface area contributed by atoms with E-state index in [1.807, 2.05) is 6.20 Å². The number of nitrogens with one attached hydrogen (secondary N) is 1. The second kappa shape index (κ2) is 9.15. The number of hydrogen-bond donors (Lipinski definition) is 1. The van der Waals surface area contributed by atoms with E-state index in [1.165, 1.54) is 41.6 Å². The molecule has 0 amide bonds. The van der Waals surface area contributed by atoms with E-state index in [0.717, 1.165) is 52.4 Å². The normalized spacial score (nSPS) is 24.5. The maximum absolute atomic E-state index is 5.53. The molecule has 1 N–H and O–H groups in total. The Bertz CT molecular complexity index is 864. The Labute approximate surface area is 180 Å². The molecule has 1 aromatic carbocycles. The molecule has 3 aliphatic rings. The van der Waals surface area contributed by atoms with Crippen molar-refractivity contribution in [2.45, 2.75) is 50.9 Å². The molecule has 1 fully saturated rings. The summed E-state index contributed by atoms with van der Waals surface area (Å²) in [5, 5.41) is 3.80. The van der Waals surface area contributed by atoms with Gasteiger partial charge in [-0.25, -0.2) is 0 Å². The van der Waals surface area contributed by atoms with Crippen LogP contribution in [0.2, 0.25) is 0 Å². The molecular formula is C25H34N4O. The number of rotatable bonds is 5. The Morgan fingerprint density at radius 2 is 2.03 bits per heavy atom. The predicted molar refractivity (Wildman–Crippen MR) is 119 cm³/mol. The molecule has 5 heteroatoms. The molecule has 3 heterocycles. The zero-order chi connectivity index (χ0) is 20.3. The number of morpholine rings is 1. The fourth-order valence-corrected chi connectivity index (χ4v) is 5.45. The Morgan fingerprint density at radius 3 is 2.93 bits per heavy atom. The molecule has 5 nitrogen and oxygen atoms in total. The lowest BCUT2D eigenvalue weighted by molar-refractivity contribution is 0.0340. The second-order valence-corrected chi connectivity index (χ2v) is 9.12. The Morgan fingerprint density at radius 1 is 1.17 bits per heavy atom. The topological polar surface area (TPSA) is 40.6 Å². The molecule has 1 aliphatic carbocycles. The quantitative estimate of drug-likeness (QED) is 0.827. The molecule has 0 bridgehead atoms. The highest BCUT2D eigenvalue weighted by molar-refractivity contribution is 5.38. The molecule has 5 rings (SSSR count). The van der Waals surface area contributed by atoms with Gasteiger partial charge in [0.25, 0.3) is 0 Å². The van der Waals surface area contributed by atoms with Gasteiger partial charge in [-0.05, 0) is 61.1 Å². The van der Waals surface area contributed by atoms with Crippen LogP contribution in [0, 0.1) is 0 Å². The van der Waals surface area contributed by atoms with E-state index in [1.54, 1.807) is 5.56 Å². The summed E-state index contributed by atoms with van der Waals surface area (Å²) >= 11 is 0. The van der Waals surface area contributed by atoms with Crippen LogP contribution in [-0.4, -0.2) is 60.7 Å². The van der Waals surface area contributed by atoms with Crippen molar-refractivity contribution >= 4 is 0 Å². The molecule has 2 aromatic rings. The number of ether oxygens (including phenoxy) is 1. The van der Waals surface area contributed by atoms with Crippen molar-refractivity contribution in [3.63, 3.8) is 0 Å². The van der Waals surface area contributed by atoms with Crippen molar-refractivity contribution in [2.75, 3.05) is 39.9 Å². The highest BCUT2D eigenvalue weighted by Crippen LogP contribution is 2.32. The summed E-state index contributed by atoms with van der Waals surface area (Å²) < 4.78 is 5.53. The van der Waals surface area contributed by atoms with Gasteiger partial charge in [-0.15, -0.1) is 0 Å². The van der Waals surface area contributed by atoms with Gasteiger partial charge in [-0.2, -0.15) is 0 Å². The molecule has 2 atom stereocenters. The summed E-state index contributed by atoms with van der Waals surface area (Å²) in [6.07, 6.45) is 6.72. The Kier molecular flexibility index (Phi) is 6.14. The number of fused-ring (bicyclic) bond motifs is 2. The van der Waals surface area contributed by atoms with Crippen LogP contribution in [0.25, 0.3) is 0 Å². The first-order chi connectivity index (χ1) is 14.8. The van der Waals surface area contributed by atoms with Crippen molar-refractivity contribution in [3.8, 4) is 0 Å². The van der Waals surface area contributed by atoms with Gasteiger partial charge in [0.05, 0.1) is 24.9 Å². The highest BCUT2D eigenvalue weighted by Gasteiger charge is 2.28. The average Bonchev–Trinajstić information content (AvgIpc) is 2.80. The van der Waals surface area contributed by atoms with Crippen LogP contribution < -0.4 is 5.32 Å². The van der Waals surface area contributed by atoms with Crippen LogP contribution in [0.3, 0.4) is 0 Å². The zero-order valence-corrected chi connectivity index (χ0v) is 18.1. The molecule has 0 saturated carbocycles. The molecular weight excluding hydrogens is 372 g/mol. The number of benzene rings is 1. The van der Waals surface area contributed by atoms with Crippen LogP contribution in [0.4, 0.5) is 0 Å². The Hall–Kier alpha value is -1.79. The first-order valence-corrected chi connectivity index (χ1v) is 11.5. The van der Waals surface area contributed by atoms with Gasteiger partial charge in [-0.1, -0.05) is 24.3 Å². The first-order valence-electron chi connectivity index (χ1n) is 11.5. The number of hydrogen-bond acceptors (Lipinski definition) is 5. The summed E-state index contributed by atoms with van der Waals surface area (Å²) in [6.45, 7) is 6.90. The molecule has 30 heavy (non-hydrogen) atoms. The molecule has 2 aliphatic heterocycles. The van der Waals surface area contributed by atoms with Crippen molar-refractivity contribution < 1.29 is 4.74 Å². The van der Waals surface area contributed by atoms with Crippen molar-refractivity contribution in [1.82, 2.24) is 20.1 Å². The molecule has 1 saturated heterocycles. The van der Waals surface area contributed by atoms with Crippen LogP contribution in [0.1, 0.15) is 46.8 Å². The smallest absolute Gasteiger partial charge is 0.0607 e. The molecule has 160 valence electrons. The van der Waals surface area contributed by atoms with E-state index in [-0.39, 0.29) is 0 Å². The summed E-state index contributed by atoms with van der Waals surface area (Å²) in [5.74, 6) is 0. The van der Waals surface area contributed by atoms with E-state index < -0.39 is 0 Å². The van der Waals surface area contributed by atoms with Gasteiger partial charge in [0.15, 0.2) is 0 Å². The number of aromatic nitrogens is 1. The van der Waals surface area contributed by atoms with Crippen molar-refractivity contribution in [1.29, 1.82) is 0 Å². The van der Waals surface area contributed by atoms with Crippen molar-refractivity contribution in [2.24, 2.45) is 0 Å². The van der Waals surface area contributed by atoms with Crippen LogP contribution in [0.5, 0.6) is 0 Å². The van der Waals surface area contributed by atoms with Crippen LogP contribution in [0.15, 0.2) is 36.5 Å². The van der Waals surface area contributed by atoms with Gasteiger partial charge in [0.1, 0.15) is 0 Å². The first kappa shape index (κ1) is 20.1. The fourth-order valence-electron chi connectivity index (χ4n) is 5.45. The van der Waals surface area contributed by atoms with Gasteiger partial charge in [0, 0.05) is 45.0 Å². The maximum atomic E-state index is 5.53. The van der Waals surface area contributed by atoms with E-state index in [9.17, 15) is 0 Å². The monoisotopic (exact) mass is 406 g/mol. The van der Waals surface area contributed by atoms with E-state index in [2.05, 4.69) is 52.5 Å². The van der Waals surface area contributed by atoms with E-state index in [0.29, 0.717) is 12.1 Å². The third-order valence-corrected chi connectivity index (χ3v) is 7.11. The maximum Gasteiger partial charge on any atom is 0.0607 e. The van der Waals surface area contributed by atoms with E-state index >= 15 is 0 Å². The molecule has 1 aromatic heterocycles. The lowest BCUT2D eigenvalue weighted by Crippen LogP contribution is -2.45. The standard InChI is InChI=1S/C25H34N4O/c1-28(24-9-3-5-19-8-4-10-26-25(19)24)18-22-15-23-20(16-27-22)6-2-7-21(23)17-29-11-13-30-14-12-29/h2,4,6-8,10,22,24,27H,3,5,9,11-18H2,1H3/t22-,24+/m1/s1. The number of likely N-dealkylation sites (N-methyl/N-ethyl adjacent to an activating group) is 1. The third kappa shape index (κ3) is 4.30. The predicted octanol–water partition coefficient (Wildman–Crippen LogP) is 2.94. The average molecular weight is 407 g/mol. The summed E-state index contributed by atoms with van der Waals surface area (Å²) in [6, 6.07) is 12.1. The van der Waals surface area contributed by atoms with Gasteiger partial charge in [-0.3, -0.25) is 14.8 Å². The number of nitrogens with zero attached hydrogens (tertiary/aromatic N) is 3. The summed E-state index contributed by atoms with van der Waals surface area (Å²) in [5.41, 5.74) is 7.30.